The molecule has 0 saturated heterocycles. The number of carbonyl (C=O) groups excluding carboxylic acids is 2. The molecule has 2 heterocycles. The number of halogens is 1. The van der Waals surface area contributed by atoms with Crippen molar-refractivity contribution in [2.45, 2.75) is 6.92 Å². The summed E-state index contributed by atoms with van der Waals surface area (Å²) in [4.78, 5) is 25.2. The van der Waals surface area contributed by atoms with Crippen LogP contribution in [-0.2, 0) is 0 Å². The highest BCUT2D eigenvalue weighted by atomic mass is 35.5. The van der Waals surface area contributed by atoms with Crippen molar-refractivity contribution in [3.8, 4) is 23.0 Å². The van der Waals surface area contributed by atoms with E-state index in [1.165, 1.54) is 0 Å². The zero-order valence-electron chi connectivity index (χ0n) is 17.0. The molecule has 0 fully saturated rings. The standard InChI is InChI=1S/C25H17ClO6/c1-14-20(29-12-19(27)16-3-5-17(26)6-4-16)9-7-18-24(28)23(32-25(14)18)11-15-2-8-21-22(10-15)31-13-30-21/h2-11H,12-13H2,1H3/b23-11-. The number of fused-ring (bicyclic) bond motifs is 2. The van der Waals surface area contributed by atoms with Gasteiger partial charge in [0.1, 0.15) is 11.5 Å². The number of ether oxygens (including phenoxy) is 4. The molecule has 0 saturated carbocycles. The van der Waals surface area contributed by atoms with Crippen molar-refractivity contribution in [3.63, 3.8) is 0 Å². The van der Waals surface area contributed by atoms with Crippen LogP contribution in [0.25, 0.3) is 6.08 Å². The van der Waals surface area contributed by atoms with Crippen LogP contribution >= 0.6 is 11.6 Å². The smallest absolute Gasteiger partial charge is 0.231 e. The van der Waals surface area contributed by atoms with Crippen molar-refractivity contribution in [1.82, 2.24) is 0 Å². The zero-order chi connectivity index (χ0) is 22.2. The van der Waals surface area contributed by atoms with Crippen LogP contribution in [0.15, 0.2) is 60.4 Å². The number of Topliss-reactive ketones (excluding diaryl/α,β-unsaturated/α-hetero) is 2. The second-order valence-electron chi connectivity index (χ2n) is 7.34. The molecule has 0 bridgehead atoms. The maximum absolute atomic E-state index is 12.8. The molecule has 3 aromatic rings. The maximum Gasteiger partial charge on any atom is 0.231 e. The van der Waals surface area contributed by atoms with Crippen LogP contribution < -0.4 is 18.9 Å². The number of allylic oxidation sites excluding steroid dienone is 1. The summed E-state index contributed by atoms with van der Waals surface area (Å²) in [6.07, 6.45) is 1.66. The van der Waals surface area contributed by atoms with E-state index in [9.17, 15) is 9.59 Å². The van der Waals surface area contributed by atoms with E-state index in [0.717, 1.165) is 5.56 Å². The third kappa shape index (κ3) is 3.69. The minimum absolute atomic E-state index is 0.144. The molecule has 0 spiro atoms. The molecular formula is C25H17ClO6. The molecule has 0 unspecified atom stereocenters. The molecule has 0 radical (unpaired) electrons. The average Bonchev–Trinajstić information content (AvgIpc) is 3.38. The van der Waals surface area contributed by atoms with Gasteiger partial charge in [0.25, 0.3) is 0 Å². The Morgan fingerprint density at radius 3 is 2.66 bits per heavy atom. The molecule has 0 aliphatic carbocycles. The lowest BCUT2D eigenvalue weighted by atomic mass is 10.1. The second kappa shape index (κ2) is 8.05. The van der Waals surface area contributed by atoms with Gasteiger partial charge in [0, 0.05) is 16.1 Å². The van der Waals surface area contributed by atoms with Gasteiger partial charge >= 0.3 is 0 Å². The Kier molecular flexibility index (Phi) is 5.07. The summed E-state index contributed by atoms with van der Waals surface area (Å²) < 4.78 is 22.3. The lowest BCUT2D eigenvalue weighted by Gasteiger charge is -2.11. The van der Waals surface area contributed by atoms with E-state index in [4.69, 9.17) is 30.5 Å². The first-order valence-corrected chi connectivity index (χ1v) is 10.3. The van der Waals surface area contributed by atoms with Gasteiger partial charge in [-0.05, 0) is 67.1 Å². The van der Waals surface area contributed by atoms with Crippen molar-refractivity contribution >= 4 is 29.2 Å². The summed E-state index contributed by atoms with van der Waals surface area (Å²) in [7, 11) is 0. The van der Waals surface area contributed by atoms with Gasteiger partial charge in [0.05, 0.1) is 5.56 Å². The highest BCUT2D eigenvalue weighted by molar-refractivity contribution is 6.30. The van der Waals surface area contributed by atoms with Gasteiger partial charge in [-0.25, -0.2) is 0 Å². The highest BCUT2D eigenvalue weighted by Gasteiger charge is 2.30. The van der Waals surface area contributed by atoms with Gasteiger partial charge < -0.3 is 18.9 Å². The summed E-state index contributed by atoms with van der Waals surface area (Å²) in [5.74, 6) is 2.00. The predicted octanol–water partition coefficient (Wildman–Crippen LogP) is 5.26. The van der Waals surface area contributed by atoms with Crippen molar-refractivity contribution in [2.75, 3.05) is 13.4 Å². The van der Waals surface area contributed by atoms with Crippen molar-refractivity contribution in [2.24, 2.45) is 0 Å². The number of ketones is 2. The summed E-state index contributed by atoms with van der Waals surface area (Å²) in [5.41, 5.74) is 2.36. The van der Waals surface area contributed by atoms with Crippen molar-refractivity contribution < 1.29 is 28.5 Å². The van der Waals surface area contributed by atoms with Crippen molar-refractivity contribution in [3.05, 3.63) is 87.6 Å². The Labute approximate surface area is 188 Å². The molecule has 3 aromatic carbocycles. The van der Waals surface area contributed by atoms with Crippen LogP contribution in [0.3, 0.4) is 0 Å². The van der Waals surface area contributed by atoms with E-state index in [1.54, 1.807) is 61.5 Å². The minimum atomic E-state index is -0.218. The Balaban J connectivity index is 1.34. The fourth-order valence-electron chi connectivity index (χ4n) is 3.54. The highest BCUT2D eigenvalue weighted by Crippen LogP contribution is 2.40. The molecule has 0 atom stereocenters. The van der Waals surface area contributed by atoms with Gasteiger partial charge in [-0.2, -0.15) is 0 Å². The zero-order valence-corrected chi connectivity index (χ0v) is 17.8. The van der Waals surface area contributed by atoms with E-state index >= 15 is 0 Å². The Morgan fingerprint density at radius 2 is 1.84 bits per heavy atom. The molecule has 5 rings (SSSR count). The maximum atomic E-state index is 12.8. The summed E-state index contributed by atoms with van der Waals surface area (Å²) in [5, 5.41) is 0.559. The van der Waals surface area contributed by atoms with E-state index in [-0.39, 0.29) is 30.7 Å². The van der Waals surface area contributed by atoms with Crippen LogP contribution in [-0.4, -0.2) is 25.0 Å². The summed E-state index contributed by atoms with van der Waals surface area (Å²) in [6.45, 7) is 1.82. The lowest BCUT2D eigenvalue weighted by molar-refractivity contribution is 0.0920. The molecule has 2 aliphatic heterocycles. The van der Waals surface area contributed by atoms with E-state index < -0.39 is 0 Å². The average molecular weight is 449 g/mol. The summed E-state index contributed by atoms with van der Waals surface area (Å²) >= 11 is 5.86. The first-order chi connectivity index (χ1) is 15.5. The molecular weight excluding hydrogens is 432 g/mol. The quantitative estimate of drug-likeness (QED) is 0.392. The Hall–Kier alpha value is -3.77. The molecule has 32 heavy (non-hydrogen) atoms. The summed E-state index contributed by atoms with van der Waals surface area (Å²) in [6, 6.07) is 15.3. The molecule has 0 N–H and O–H groups in total. The number of hydrogen-bond donors (Lipinski definition) is 0. The molecule has 7 heteroatoms. The van der Waals surface area contributed by atoms with Gasteiger partial charge in [0.2, 0.25) is 12.6 Å². The van der Waals surface area contributed by atoms with Crippen LogP contribution in [0.5, 0.6) is 23.0 Å². The SMILES string of the molecule is Cc1c(OCC(=O)c2ccc(Cl)cc2)ccc2c1O/C(=C\c1ccc3c(c1)OCO3)C2=O. The van der Waals surface area contributed by atoms with E-state index in [1.807, 2.05) is 6.07 Å². The number of rotatable bonds is 5. The topological polar surface area (TPSA) is 71.1 Å². The molecule has 6 nitrogen and oxygen atoms in total. The number of benzene rings is 3. The van der Waals surface area contributed by atoms with E-state index in [2.05, 4.69) is 0 Å². The lowest BCUT2D eigenvalue weighted by Crippen LogP contribution is -2.12. The minimum Gasteiger partial charge on any atom is -0.485 e. The van der Waals surface area contributed by atoms with Crippen LogP contribution in [0.2, 0.25) is 5.02 Å². The largest absolute Gasteiger partial charge is 0.485 e. The van der Waals surface area contributed by atoms with Crippen LogP contribution in [0.4, 0.5) is 0 Å². The Bertz CT molecular complexity index is 1280. The number of carbonyl (C=O) groups is 2. The first-order valence-electron chi connectivity index (χ1n) is 9.88. The van der Waals surface area contributed by atoms with Gasteiger partial charge in [-0.3, -0.25) is 9.59 Å². The molecule has 0 aromatic heterocycles. The van der Waals surface area contributed by atoms with Gasteiger partial charge in [-0.1, -0.05) is 17.7 Å². The Morgan fingerprint density at radius 1 is 1.06 bits per heavy atom. The van der Waals surface area contributed by atoms with Gasteiger partial charge in [-0.15, -0.1) is 0 Å². The first kappa shape index (κ1) is 20.2. The van der Waals surface area contributed by atoms with Gasteiger partial charge in [0.15, 0.2) is 29.6 Å². The van der Waals surface area contributed by atoms with Crippen LogP contribution in [0, 0.1) is 6.92 Å². The predicted molar refractivity (Wildman–Crippen MR) is 118 cm³/mol. The second-order valence-corrected chi connectivity index (χ2v) is 7.77. The molecule has 2 aliphatic rings. The molecule has 160 valence electrons. The van der Waals surface area contributed by atoms with Crippen LogP contribution in [0.1, 0.15) is 31.8 Å². The molecule has 0 amide bonds. The fourth-order valence-corrected chi connectivity index (χ4v) is 3.67. The van der Waals surface area contributed by atoms with E-state index in [0.29, 0.717) is 44.7 Å². The third-order valence-electron chi connectivity index (χ3n) is 5.26. The number of hydrogen-bond acceptors (Lipinski definition) is 6. The monoisotopic (exact) mass is 448 g/mol. The fraction of sp³-hybridized carbons (Fsp3) is 0.120. The third-order valence-corrected chi connectivity index (χ3v) is 5.51. The normalized spacial score (nSPS) is 14.9. The van der Waals surface area contributed by atoms with Crippen molar-refractivity contribution in [1.29, 1.82) is 0 Å².